The van der Waals surface area contributed by atoms with Crippen LogP contribution in [0.15, 0.2) is 52.8 Å². The topological polar surface area (TPSA) is 113 Å². The Balaban J connectivity index is 1.62. The third kappa shape index (κ3) is 4.59. The van der Waals surface area contributed by atoms with Crippen molar-refractivity contribution in [1.29, 1.82) is 0 Å². The first-order valence-corrected chi connectivity index (χ1v) is 8.81. The summed E-state index contributed by atoms with van der Waals surface area (Å²) in [4.78, 5) is 42.6. The molecular weight excluding hydrogens is 368 g/mol. The molecule has 9 heteroatoms. The smallest absolute Gasteiger partial charge is 0.263 e. The normalized spacial score (nSPS) is 10.3. The van der Waals surface area contributed by atoms with Crippen LogP contribution in [0.25, 0.3) is 0 Å². The fourth-order valence-electron chi connectivity index (χ4n) is 2.32. The van der Waals surface area contributed by atoms with Gasteiger partial charge in [0.2, 0.25) is 5.91 Å². The first-order chi connectivity index (χ1) is 13.1. The summed E-state index contributed by atoms with van der Waals surface area (Å²) in [6, 6.07) is 10.1. The number of carbonyl (C=O) groups excluding carboxylic acids is 2. The average Bonchev–Trinajstić information content (AvgIpc) is 3.09. The van der Waals surface area contributed by atoms with E-state index >= 15 is 0 Å². The number of para-hydroxylation sites is 2. The zero-order valence-corrected chi connectivity index (χ0v) is 15.1. The second-order valence-corrected chi connectivity index (χ2v) is 6.29. The second-order valence-electron chi connectivity index (χ2n) is 5.44. The maximum Gasteiger partial charge on any atom is 0.263 e. The summed E-state index contributed by atoms with van der Waals surface area (Å²) in [6.07, 6.45) is 1.48. The van der Waals surface area contributed by atoms with E-state index in [-0.39, 0.29) is 17.9 Å². The molecule has 2 heterocycles. The molecule has 2 aromatic heterocycles. The van der Waals surface area contributed by atoms with Crippen molar-refractivity contribution in [2.24, 2.45) is 0 Å². The summed E-state index contributed by atoms with van der Waals surface area (Å²) in [5, 5.41) is 7.30. The number of nitrogens with zero attached hydrogens (tertiary/aromatic N) is 1. The van der Waals surface area contributed by atoms with Crippen LogP contribution in [0.4, 0.5) is 10.8 Å². The predicted molar refractivity (Wildman–Crippen MR) is 102 cm³/mol. The van der Waals surface area contributed by atoms with Crippen molar-refractivity contribution in [2.75, 3.05) is 17.7 Å². The van der Waals surface area contributed by atoms with Gasteiger partial charge in [0, 0.05) is 11.6 Å². The van der Waals surface area contributed by atoms with E-state index in [0.29, 0.717) is 22.3 Å². The average molecular weight is 384 g/mol. The highest BCUT2D eigenvalue weighted by Crippen LogP contribution is 2.23. The quantitative estimate of drug-likeness (QED) is 0.603. The SMILES string of the molecule is COc1ccccc1NC(=O)Cc1csc(NC(=O)c2ccc[nH]c2=O)n1. The Kier molecular flexibility index (Phi) is 5.62. The number of pyridine rings is 1. The zero-order valence-electron chi connectivity index (χ0n) is 14.3. The standard InChI is InChI=1S/C18H16N4O4S/c1-26-14-7-3-2-6-13(14)21-15(23)9-11-10-27-18(20-11)22-17(25)12-5-4-8-19-16(12)24/h2-8,10H,9H2,1H3,(H,19,24)(H,21,23)(H,20,22,25). The number of ether oxygens (including phenoxy) is 1. The van der Waals surface area contributed by atoms with Crippen LogP contribution in [-0.2, 0) is 11.2 Å². The van der Waals surface area contributed by atoms with Crippen LogP contribution in [0.5, 0.6) is 5.75 Å². The highest BCUT2D eigenvalue weighted by atomic mass is 32.1. The van der Waals surface area contributed by atoms with E-state index in [4.69, 9.17) is 4.74 Å². The van der Waals surface area contributed by atoms with Crippen LogP contribution in [0, 0.1) is 0 Å². The van der Waals surface area contributed by atoms with Crippen LogP contribution in [0.2, 0.25) is 0 Å². The number of rotatable bonds is 6. The number of hydrogen-bond acceptors (Lipinski definition) is 6. The molecule has 8 nitrogen and oxygen atoms in total. The molecule has 0 aliphatic rings. The van der Waals surface area contributed by atoms with Crippen molar-refractivity contribution in [2.45, 2.75) is 6.42 Å². The first-order valence-electron chi connectivity index (χ1n) is 7.93. The summed E-state index contributed by atoms with van der Waals surface area (Å²) in [6.45, 7) is 0. The number of thiazole rings is 1. The van der Waals surface area contributed by atoms with E-state index < -0.39 is 11.5 Å². The third-order valence-corrected chi connectivity index (χ3v) is 4.36. The molecule has 1 aromatic carbocycles. The van der Waals surface area contributed by atoms with Crippen molar-refractivity contribution >= 4 is 34.0 Å². The van der Waals surface area contributed by atoms with Gasteiger partial charge in [-0.25, -0.2) is 4.98 Å². The Bertz CT molecular complexity index is 1030. The monoisotopic (exact) mass is 384 g/mol. The molecule has 0 aliphatic heterocycles. The molecule has 3 N–H and O–H groups in total. The molecule has 3 aromatic rings. The van der Waals surface area contributed by atoms with Gasteiger partial charge >= 0.3 is 0 Å². The zero-order chi connectivity index (χ0) is 19.2. The highest BCUT2D eigenvalue weighted by molar-refractivity contribution is 7.14. The minimum Gasteiger partial charge on any atom is -0.495 e. The summed E-state index contributed by atoms with van der Waals surface area (Å²) < 4.78 is 5.19. The number of H-pyrrole nitrogens is 1. The fraction of sp³-hybridized carbons (Fsp3) is 0.111. The number of nitrogens with one attached hydrogen (secondary N) is 3. The Morgan fingerprint density at radius 1 is 1.19 bits per heavy atom. The molecule has 0 atom stereocenters. The highest BCUT2D eigenvalue weighted by Gasteiger charge is 2.14. The van der Waals surface area contributed by atoms with E-state index in [9.17, 15) is 14.4 Å². The largest absolute Gasteiger partial charge is 0.495 e. The fourth-order valence-corrected chi connectivity index (χ4v) is 3.02. The predicted octanol–water partition coefficient (Wildman–Crippen LogP) is 2.27. The number of aromatic nitrogens is 2. The molecule has 0 radical (unpaired) electrons. The molecule has 0 unspecified atom stereocenters. The van der Waals surface area contributed by atoms with Gasteiger partial charge in [0.15, 0.2) is 5.13 Å². The van der Waals surface area contributed by atoms with Crippen molar-refractivity contribution in [3.8, 4) is 5.75 Å². The van der Waals surface area contributed by atoms with Gasteiger partial charge in [-0.1, -0.05) is 12.1 Å². The number of anilines is 2. The number of carbonyl (C=O) groups is 2. The molecule has 138 valence electrons. The number of benzene rings is 1. The van der Waals surface area contributed by atoms with Crippen molar-refractivity contribution < 1.29 is 14.3 Å². The molecule has 0 saturated heterocycles. The lowest BCUT2D eigenvalue weighted by atomic mass is 10.2. The molecule has 0 aliphatic carbocycles. The lowest BCUT2D eigenvalue weighted by Gasteiger charge is -2.08. The molecule has 0 spiro atoms. The van der Waals surface area contributed by atoms with Gasteiger partial charge in [0.05, 0.1) is 24.9 Å². The van der Waals surface area contributed by atoms with E-state index in [1.54, 1.807) is 29.6 Å². The Hall–Kier alpha value is -3.46. The molecule has 27 heavy (non-hydrogen) atoms. The first kappa shape index (κ1) is 18.3. The lowest BCUT2D eigenvalue weighted by molar-refractivity contribution is -0.115. The summed E-state index contributed by atoms with van der Waals surface area (Å²) >= 11 is 1.17. The maximum absolute atomic E-state index is 12.2. The van der Waals surface area contributed by atoms with Gasteiger partial charge in [0.1, 0.15) is 11.3 Å². The lowest BCUT2D eigenvalue weighted by Crippen LogP contribution is -2.22. The van der Waals surface area contributed by atoms with Crippen LogP contribution in [0.3, 0.4) is 0 Å². The van der Waals surface area contributed by atoms with Crippen LogP contribution in [-0.4, -0.2) is 28.9 Å². The van der Waals surface area contributed by atoms with Crippen LogP contribution >= 0.6 is 11.3 Å². The summed E-state index contributed by atoms with van der Waals surface area (Å²) in [7, 11) is 1.53. The summed E-state index contributed by atoms with van der Waals surface area (Å²) in [5.74, 6) is -0.261. The Labute approximate surface area is 158 Å². The molecule has 0 bridgehead atoms. The number of aromatic amines is 1. The third-order valence-electron chi connectivity index (χ3n) is 3.56. The van der Waals surface area contributed by atoms with Gasteiger partial charge in [-0.15, -0.1) is 11.3 Å². The van der Waals surface area contributed by atoms with Gasteiger partial charge in [-0.2, -0.15) is 0 Å². The second kappa shape index (κ2) is 8.28. The van der Waals surface area contributed by atoms with Gasteiger partial charge in [0.25, 0.3) is 11.5 Å². The number of methoxy groups -OCH3 is 1. The van der Waals surface area contributed by atoms with Crippen molar-refractivity contribution in [3.05, 3.63) is 69.6 Å². The Morgan fingerprint density at radius 3 is 2.78 bits per heavy atom. The van der Waals surface area contributed by atoms with Gasteiger partial charge in [-0.05, 0) is 24.3 Å². The van der Waals surface area contributed by atoms with Gasteiger partial charge < -0.3 is 15.0 Å². The molecule has 0 saturated carbocycles. The van der Waals surface area contributed by atoms with Gasteiger partial charge in [-0.3, -0.25) is 19.7 Å². The maximum atomic E-state index is 12.2. The molecular formula is C18H16N4O4S. The van der Waals surface area contributed by atoms with Crippen LogP contribution in [0.1, 0.15) is 16.1 Å². The van der Waals surface area contributed by atoms with Crippen molar-refractivity contribution in [3.63, 3.8) is 0 Å². The minimum absolute atomic E-state index is 0.0110. The molecule has 0 fully saturated rings. The summed E-state index contributed by atoms with van der Waals surface area (Å²) in [5.41, 5.74) is 0.577. The van der Waals surface area contributed by atoms with E-state index in [1.807, 2.05) is 6.07 Å². The molecule has 3 rings (SSSR count). The van der Waals surface area contributed by atoms with E-state index in [2.05, 4.69) is 20.6 Å². The minimum atomic E-state index is -0.559. The number of amides is 2. The van der Waals surface area contributed by atoms with Crippen molar-refractivity contribution in [1.82, 2.24) is 9.97 Å². The Morgan fingerprint density at radius 2 is 2.00 bits per heavy atom. The number of hydrogen-bond donors (Lipinski definition) is 3. The van der Waals surface area contributed by atoms with E-state index in [1.165, 1.54) is 30.7 Å². The van der Waals surface area contributed by atoms with E-state index in [0.717, 1.165) is 0 Å². The van der Waals surface area contributed by atoms with Crippen LogP contribution < -0.4 is 20.9 Å². The molecule has 2 amide bonds.